The molecule has 0 saturated carbocycles. The molecule has 110 valence electrons. The molecule has 1 saturated heterocycles. The summed E-state index contributed by atoms with van der Waals surface area (Å²) in [6.45, 7) is 4.97. The lowest BCUT2D eigenvalue weighted by Gasteiger charge is -2.21. The maximum Gasteiger partial charge on any atom is 0.222 e. The van der Waals surface area contributed by atoms with Gasteiger partial charge in [-0.1, -0.05) is 46.3 Å². The highest BCUT2D eigenvalue weighted by atomic mass is 79.9. The van der Waals surface area contributed by atoms with Crippen LogP contribution in [0.2, 0.25) is 0 Å². The Balaban J connectivity index is 1.77. The molecule has 0 radical (unpaired) electrons. The molecule has 0 bridgehead atoms. The monoisotopic (exact) mass is 338 g/mol. The lowest BCUT2D eigenvalue weighted by Crippen LogP contribution is -2.35. The number of alkyl halides is 1. The molecule has 0 unspecified atom stereocenters. The molecule has 3 nitrogen and oxygen atoms in total. The molecule has 0 spiro atoms. The molecule has 2 rings (SSSR count). The summed E-state index contributed by atoms with van der Waals surface area (Å²) in [6, 6.07) is 10.3. The summed E-state index contributed by atoms with van der Waals surface area (Å²) in [5.74, 6) is 0.301. The van der Waals surface area contributed by atoms with Gasteiger partial charge >= 0.3 is 0 Å². The van der Waals surface area contributed by atoms with Crippen molar-refractivity contribution in [3.63, 3.8) is 0 Å². The first-order chi connectivity index (χ1) is 9.79. The van der Waals surface area contributed by atoms with Gasteiger partial charge in [0.05, 0.1) is 0 Å². The minimum atomic E-state index is 0.301. The summed E-state index contributed by atoms with van der Waals surface area (Å²) in [5, 5.41) is 1.01. The maximum atomic E-state index is 12.3. The van der Waals surface area contributed by atoms with Gasteiger partial charge in [-0.15, -0.1) is 0 Å². The van der Waals surface area contributed by atoms with Crippen LogP contribution in [0.3, 0.4) is 0 Å². The van der Waals surface area contributed by atoms with Crippen LogP contribution >= 0.6 is 15.9 Å². The molecule has 1 aromatic rings. The molecule has 0 atom stereocenters. The summed E-state index contributed by atoms with van der Waals surface area (Å²) >= 11 is 3.48. The van der Waals surface area contributed by atoms with Crippen LogP contribution in [-0.2, 0) is 11.2 Å². The summed E-state index contributed by atoms with van der Waals surface area (Å²) in [4.78, 5) is 16.8. The van der Waals surface area contributed by atoms with Crippen LogP contribution in [0.5, 0.6) is 0 Å². The number of hydrogen-bond donors (Lipinski definition) is 0. The molecule has 1 heterocycles. The molecule has 0 aromatic heterocycles. The number of carbonyl (C=O) groups is 1. The normalized spacial score (nSPS) is 16.9. The van der Waals surface area contributed by atoms with Gasteiger partial charge in [0, 0.05) is 37.9 Å². The van der Waals surface area contributed by atoms with Crippen LogP contribution in [0.4, 0.5) is 0 Å². The third-order valence-corrected chi connectivity index (χ3v) is 4.17. The number of amides is 1. The number of halogens is 1. The molecule has 1 amide bonds. The smallest absolute Gasteiger partial charge is 0.222 e. The second-order valence-electron chi connectivity index (χ2n) is 5.25. The number of benzene rings is 1. The first kappa shape index (κ1) is 15.5. The average Bonchev–Trinajstić information content (AvgIpc) is 2.72. The van der Waals surface area contributed by atoms with Crippen molar-refractivity contribution in [2.45, 2.75) is 19.3 Å². The average molecular weight is 339 g/mol. The Kier molecular flexibility index (Phi) is 6.54. The van der Waals surface area contributed by atoms with Gasteiger partial charge < -0.3 is 9.80 Å². The molecule has 20 heavy (non-hydrogen) atoms. The Morgan fingerprint density at radius 1 is 1.10 bits per heavy atom. The van der Waals surface area contributed by atoms with Crippen LogP contribution in [-0.4, -0.2) is 53.8 Å². The fourth-order valence-electron chi connectivity index (χ4n) is 2.62. The largest absolute Gasteiger partial charge is 0.341 e. The number of carbonyl (C=O) groups excluding carboxylic acids is 1. The van der Waals surface area contributed by atoms with E-state index >= 15 is 0 Å². The van der Waals surface area contributed by atoms with E-state index in [2.05, 4.69) is 33.0 Å². The molecule has 0 aliphatic carbocycles. The number of nitrogens with zero attached hydrogens (tertiary/aromatic N) is 2. The minimum Gasteiger partial charge on any atom is -0.341 e. The Labute approximate surface area is 130 Å². The van der Waals surface area contributed by atoms with Gasteiger partial charge in [-0.25, -0.2) is 0 Å². The van der Waals surface area contributed by atoms with E-state index in [1.807, 2.05) is 23.1 Å². The van der Waals surface area contributed by atoms with Gasteiger partial charge in [-0.3, -0.25) is 4.79 Å². The zero-order valence-electron chi connectivity index (χ0n) is 11.9. The SMILES string of the molecule is O=C(CCc1ccccc1)N1CCCN(CCBr)CC1. The molecule has 1 fully saturated rings. The highest BCUT2D eigenvalue weighted by molar-refractivity contribution is 9.09. The van der Waals surface area contributed by atoms with Crippen molar-refractivity contribution in [3.8, 4) is 0 Å². The van der Waals surface area contributed by atoms with Gasteiger partial charge in [0.2, 0.25) is 5.91 Å². The Morgan fingerprint density at radius 2 is 1.90 bits per heavy atom. The van der Waals surface area contributed by atoms with Crippen molar-refractivity contribution in [2.75, 3.05) is 38.1 Å². The number of aryl methyl sites for hydroxylation is 1. The van der Waals surface area contributed by atoms with E-state index in [1.165, 1.54) is 5.56 Å². The van der Waals surface area contributed by atoms with Gasteiger partial charge in [-0.05, 0) is 24.9 Å². The summed E-state index contributed by atoms with van der Waals surface area (Å²) < 4.78 is 0. The predicted octanol–water partition coefficient (Wildman–Crippen LogP) is 2.55. The molecule has 1 aliphatic heterocycles. The quantitative estimate of drug-likeness (QED) is 0.770. The zero-order chi connectivity index (χ0) is 14.2. The Hall–Kier alpha value is -0.870. The molecule has 4 heteroatoms. The van der Waals surface area contributed by atoms with Crippen molar-refractivity contribution in [1.82, 2.24) is 9.80 Å². The van der Waals surface area contributed by atoms with E-state index in [1.54, 1.807) is 0 Å². The van der Waals surface area contributed by atoms with Crippen molar-refractivity contribution in [3.05, 3.63) is 35.9 Å². The predicted molar refractivity (Wildman–Crippen MR) is 86.2 cm³/mol. The Bertz CT molecular complexity index is 410. The molecule has 1 aromatic carbocycles. The standard InChI is InChI=1S/C16H23BrN2O/c17-9-12-18-10-4-11-19(14-13-18)16(20)8-7-15-5-2-1-3-6-15/h1-3,5-6H,4,7-14H2. The third kappa shape index (κ3) is 4.91. The van der Waals surface area contributed by atoms with Crippen molar-refractivity contribution in [1.29, 1.82) is 0 Å². The van der Waals surface area contributed by atoms with E-state index in [-0.39, 0.29) is 0 Å². The summed E-state index contributed by atoms with van der Waals surface area (Å²) in [7, 11) is 0. The van der Waals surface area contributed by atoms with Crippen LogP contribution in [0.25, 0.3) is 0 Å². The Morgan fingerprint density at radius 3 is 2.65 bits per heavy atom. The summed E-state index contributed by atoms with van der Waals surface area (Å²) in [5.41, 5.74) is 1.25. The highest BCUT2D eigenvalue weighted by Gasteiger charge is 2.18. The molecular weight excluding hydrogens is 316 g/mol. The van der Waals surface area contributed by atoms with E-state index in [9.17, 15) is 4.79 Å². The highest BCUT2D eigenvalue weighted by Crippen LogP contribution is 2.08. The van der Waals surface area contributed by atoms with E-state index in [4.69, 9.17) is 0 Å². The second kappa shape index (κ2) is 8.42. The second-order valence-corrected chi connectivity index (χ2v) is 6.04. The first-order valence-corrected chi connectivity index (χ1v) is 8.52. The van der Waals surface area contributed by atoms with Crippen molar-refractivity contribution in [2.24, 2.45) is 0 Å². The fourth-order valence-corrected chi connectivity index (χ4v) is 3.12. The molecular formula is C16H23BrN2O. The van der Waals surface area contributed by atoms with Crippen molar-refractivity contribution >= 4 is 21.8 Å². The summed E-state index contributed by atoms with van der Waals surface area (Å²) in [6.07, 6.45) is 2.56. The van der Waals surface area contributed by atoms with E-state index < -0.39 is 0 Å². The van der Waals surface area contributed by atoms with Gasteiger partial charge in [-0.2, -0.15) is 0 Å². The van der Waals surface area contributed by atoms with Crippen LogP contribution < -0.4 is 0 Å². The minimum absolute atomic E-state index is 0.301. The lowest BCUT2D eigenvalue weighted by atomic mass is 10.1. The van der Waals surface area contributed by atoms with E-state index in [0.717, 1.165) is 50.9 Å². The fraction of sp³-hybridized carbons (Fsp3) is 0.562. The van der Waals surface area contributed by atoms with Crippen LogP contribution in [0.15, 0.2) is 30.3 Å². The lowest BCUT2D eigenvalue weighted by molar-refractivity contribution is -0.131. The van der Waals surface area contributed by atoms with E-state index in [0.29, 0.717) is 12.3 Å². The van der Waals surface area contributed by atoms with Crippen LogP contribution in [0, 0.1) is 0 Å². The zero-order valence-corrected chi connectivity index (χ0v) is 13.5. The first-order valence-electron chi connectivity index (χ1n) is 7.39. The molecule has 1 aliphatic rings. The number of rotatable bonds is 5. The van der Waals surface area contributed by atoms with Gasteiger partial charge in [0.1, 0.15) is 0 Å². The van der Waals surface area contributed by atoms with Gasteiger partial charge in [0.15, 0.2) is 0 Å². The maximum absolute atomic E-state index is 12.3. The van der Waals surface area contributed by atoms with Crippen molar-refractivity contribution < 1.29 is 4.79 Å². The number of hydrogen-bond acceptors (Lipinski definition) is 2. The molecule has 0 N–H and O–H groups in total. The van der Waals surface area contributed by atoms with Gasteiger partial charge in [0.25, 0.3) is 0 Å². The third-order valence-electron chi connectivity index (χ3n) is 3.81. The van der Waals surface area contributed by atoms with Crippen LogP contribution in [0.1, 0.15) is 18.4 Å². The topological polar surface area (TPSA) is 23.6 Å².